The minimum atomic E-state index is -0.763. The molecule has 1 aromatic rings. The summed E-state index contributed by atoms with van der Waals surface area (Å²) < 4.78 is 11.0. The lowest BCUT2D eigenvalue weighted by atomic mass is 9.98. The summed E-state index contributed by atoms with van der Waals surface area (Å²) in [6.07, 6.45) is 1.71. The maximum atomic E-state index is 10.6. The van der Waals surface area contributed by atoms with Crippen LogP contribution in [0, 0.1) is 5.92 Å². The number of aryl methyl sites for hydroxylation is 1. The van der Waals surface area contributed by atoms with Crippen molar-refractivity contribution in [2.24, 2.45) is 5.92 Å². The topological polar surface area (TPSA) is 55.8 Å². The van der Waals surface area contributed by atoms with Crippen LogP contribution in [-0.4, -0.2) is 24.3 Å². The van der Waals surface area contributed by atoms with Crippen LogP contribution in [0.25, 0.3) is 0 Å². The van der Waals surface area contributed by atoms with Crippen LogP contribution in [0.2, 0.25) is 5.02 Å². The van der Waals surface area contributed by atoms with Gasteiger partial charge in [0, 0.05) is 17.5 Å². The van der Waals surface area contributed by atoms with Crippen molar-refractivity contribution in [1.29, 1.82) is 0 Å². The van der Waals surface area contributed by atoms with Crippen LogP contribution in [0.3, 0.4) is 0 Å². The molecule has 0 aromatic heterocycles. The standard InChI is InChI=1S/C14H17ClO4/c1-9(6-14(16)17)2-3-10-7-12-13(8-11(10)15)19-5-4-18-12/h7-9H,2-6H2,1H3,(H,16,17). The van der Waals surface area contributed by atoms with Crippen LogP contribution >= 0.6 is 11.6 Å². The van der Waals surface area contributed by atoms with Gasteiger partial charge in [-0.15, -0.1) is 0 Å². The highest BCUT2D eigenvalue weighted by molar-refractivity contribution is 6.31. The molecule has 0 aliphatic carbocycles. The van der Waals surface area contributed by atoms with E-state index in [-0.39, 0.29) is 12.3 Å². The lowest BCUT2D eigenvalue weighted by molar-refractivity contribution is -0.138. The fraction of sp³-hybridized carbons (Fsp3) is 0.500. The monoisotopic (exact) mass is 284 g/mol. The third-order valence-electron chi connectivity index (χ3n) is 3.14. The number of carboxylic acid groups (broad SMARTS) is 1. The summed E-state index contributed by atoms with van der Waals surface area (Å²) in [5, 5.41) is 9.38. The summed E-state index contributed by atoms with van der Waals surface area (Å²) in [6.45, 7) is 3.02. The van der Waals surface area contributed by atoms with Crippen LogP contribution in [0.15, 0.2) is 12.1 Å². The molecule has 1 heterocycles. The highest BCUT2D eigenvalue weighted by atomic mass is 35.5. The first-order chi connectivity index (χ1) is 9.06. The van der Waals surface area contributed by atoms with Crippen molar-refractivity contribution >= 4 is 17.6 Å². The second-order valence-corrected chi connectivity index (χ2v) is 5.24. The van der Waals surface area contributed by atoms with Gasteiger partial charge in [-0.1, -0.05) is 18.5 Å². The number of hydrogen-bond donors (Lipinski definition) is 1. The van der Waals surface area contributed by atoms with Gasteiger partial charge in [0.1, 0.15) is 13.2 Å². The van der Waals surface area contributed by atoms with Gasteiger partial charge in [-0.25, -0.2) is 0 Å². The molecule has 0 saturated heterocycles. The van der Waals surface area contributed by atoms with Gasteiger partial charge in [0.25, 0.3) is 0 Å². The van der Waals surface area contributed by atoms with Crippen molar-refractivity contribution in [3.05, 3.63) is 22.7 Å². The summed E-state index contributed by atoms with van der Waals surface area (Å²) in [5.41, 5.74) is 0.975. The van der Waals surface area contributed by atoms with Gasteiger partial charge < -0.3 is 14.6 Å². The quantitative estimate of drug-likeness (QED) is 0.902. The summed E-state index contributed by atoms with van der Waals surface area (Å²) >= 11 is 6.20. The van der Waals surface area contributed by atoms with Gasteiger partial charge >= 0.3 is 5.97 Å². The molecular weight excluding hydrogens is 268 g/mol. The van der Waals surface area contributed by atoms with E-state index in [1.54, 1.807) is 6.07 Å². The third-order valence-corrected chi connectivity index (χ3v) is 3.49. The molecular formula is C14H17ClO4. The highest BCUT2D eigenvalue weighted by Gasteiger charge is 2.16. The molecule has 1 atom stereocenters. The number of carboxylic acids is 1. The van der Waals surface area contributed by atoms with Gasteiger partial charge in [0.2, 0.25) is 0 Å². The first-order valence-corrected chi connectivity index (χ1v) is 6.74. The van der Waals surface area contributed by atoms with Crippen LogP contribution in [-0.2, 0) is 11.2 Å². The maximum Gasteiger partial charge on any atom is 0.303 e. The number of benzene rings is 1. The molecule has 104 valence electrons. The van der Waals surface area contributed by atoms with Crippen LogP contribution in [0.4, 0.5) is 0 Å². The molecule has 1 unspecified atom stereocenters. The fourth-order valence-corrected chi connectivity index (χ4v) is 2.35. The Morgan fingerprint density at radius 1 is 1.37 bits per heavy atom. The zero-order valence-corrected chi connectivity index (χ0v) is 11.6. The van der Waals surface area contributed by atoms with E-state index in [0.717, 1.165) is 24.2 Å². The van der Waals surface area contributed by atoms with E-state index >= 15 is 0 Å². The Morgan fingerprint density at radius 2 is 2.00 bits per heavy atom. The van der Waals surface area contributed by atoms with Gasteiger partial charge in [-0.05, 0) is 30.4 Å². The van der Waals surface area contributed by atoms with Crippen molar-refractivity contribution in [3.8, 4) is 11.5 Å². The van der Waals surface area contributed by atoms with Crippen molar-refractivity contribution in [3.63, 3.8) is 0 Å². The maximum absolute atomic E-state index is 10.6. The van der Waals surface area contributed by atoms with E-state index in [1.807, 2.05) is 13.0 Å². The molecule has 19 heavy (non-hydrogen) atoms. The van der Waals surface area contributed by atoms with Gasteiger partial charge in [-0.3, -0.25) is 4.79 Å². The smallest absolute Gasteiger partial charge is 0.303 e. The normalized spacial score (nSPS) is 15.1. The number of rotatable bonds is 5. The van der Waals surface area contributed by atoms with E-state index in [1.165, 1.54) is 0 Å². The number of carbonyl (C=O) groups is 1. The van der Waals surface area contributed by atoms with Crippen LogP contribution < -0.4 is 9.47 Å². The number of halogens is 1. The molecule has 0 amide bonds. The predicted molar refractivity (Wildman–Crippen MR) is 72.2 cm³/mol. The number of ether oxygens (including phenoxy) is 2. The van der Waals surface area contributed by atoms with E-state index in [2.05, 4.69) is 0 Å². The minimum Gasteiger partial charge on any atom is -0.486 e. The van der Waals surface area contributed by atoms with Crippen molar-refractivity contribution in [1.82, 2.24) is 0 Å². The van der Waals surface area contributed by atoms with Gasteiger partial charge in [-0.2, -0.15) is 0 Å². The molecule has 5 heteroatoms. The van der Waals surface area contributed by atoms with Gasteiger partial charge in [0.15, 0.2) is 11.5 Å². The Kier molecular flexibility index (Phi) is 4.53. The number of hydrogen-bond acceptors (Lipinski definition) is 3. The molecule has 0 fully saturated rings. The molecule has 1 aliphatic heterocycles. The number of fused-ring (bicyclic) bond motifs is 1. The second-order valence-electron chi connectivity index (χ2n) is 4.83. The van der Waals surface area contributed by atoms with Crippen LogP contribution in [0.1, 0.15) is 25.3 Å². The molecule has 4 nitrogen and oxygen atoms in total. The van der Waals surface area contributed by atoms with Crippen molar-refractivity contribution < 1.29 is 19.4 Å². The summed E-state index contributed by atoms with van der Waals surface area (Å²) in [6, 6.07) is 3.66. The SMILES string of the molecule is CC(CCc1cc2c(cc1Cl)OCCO2)CC(=O)O. The molecule has 2 rings (SSSR count). The second kappa shape index (κ2) is 6.15. The predicted octanol–water partition coefficient (Wildman–Crippen LogP) is 3.15. The van der Waals surface area contributed by atoms with Crippen molar-refractivity contribution in [2.45, 2.75) is 26.2 Å². The zero-order valence-electron chi connectivity index (χ0n) is 10.8. The number of aliphatic carboxylic acids is 1. The Balaban J connectivity index is 2.02. The third kappa shape index (κ3) is 3.77. The largest absolute Gasteiger partial charge is 0.486 e. The van der Waals surface area contributed by atoms with Gasteiger partial charge in [0.05, 0.1) is 0 Å². The summed E-state index contributed by atoms with van der Waals surface area (Å²) in [7, 11) is 0. The molecule has 1 N–H and O–H groups in total. The molecule has 0 radical (unpaired) electrons. The Morgan fingerprint density at radius 3 is 2.63 bits per heavy atom. The lowest BCUT2D eigenvalue weighted by Gasteiger charge is -2.20. The highest BCUT2D eigenvalue weighted by Crippen LogP contribution is 2.36. The molecule has 0 bridgehead atoms. The van der Waals surface area contributed by atoms with E-state index in [0.29, 0.717) is 24.0 Å². The Labute approximate surface area is 117 Å². The first-order valence-electron chi connectivity index (χ1n) is 6.36. The molecule has 1 aromatic carbocycles. The Hall–Kier alpha value is -1.42. The van der Waals surface area contributed by atoms with Crippen molar-refractivity contribution in [2.75, 3.05) is 13.2 Å². The van der Waals surface area contributed by atoms with E-state index in [9.17, 15) is 4.79 Å². The molecule has 0 spiro atoms. The molecule has 0 saturated carbocycles. The zero-order chi connectivity index (χ0) is 13.8. The average Bonchev–Trinajstić information content (AvgIpc) is 2.35. The van der Waals surface area contributed by atoms with E-state index < -0.39 is 5.97 Å². The Bertz CT molecular complexity index is 473. The minimum absolute atomic E-state index is 0.127. The first kappa shape index (κ1) is 14.0. The van der Waals surface area contributed by atoms with Crippen LogP contribution in [0.5, 0.6) is 11.5 Å². The summed E-state index contributed by atoms with van der Waals surface area (Å²) in [5.74, 6) is 0.762. The fourth-order valence-electron chi connectivity index (χ4n) is 2.10. The average molecular weight is 285 g/mol. The van der Waals surface area contributed by atoms with E-state index in [4.69, 9.17) is 26.2 Å². The molecule has 1 aliphatic rings. The lowest BCUT2D eigenvalue weighted by Crippen LogP contribution is -2.15. The summed E-state index contributed by atoms with van der Waals surface area (Å²) in [4.78, 5) is 10.6.